The van der Waals surface area contributed by atoms with E-state index in [0.29, 0.717) is 0 Å². The molecule has 0 saturated heterocycles. The first-order chi connectivity index (χ1) is 9.09. The number of rotatable bonds is 4. The first-order valence-corrected chi connectivity index (χ1v) is 6.00. The van der Waals surface area contributed by atoms with Crippen LogP contribution in [0.25, 0.3) is 0 Å². The molecule has 7 nitrogen and oxygen atoms in total. The van der Waals surface area contributed by atoms with Crippen molar-refractivity contribution in [2.75, 3.05) is 5.73 Å². The Labute approximate surface area is 116 Å². The van der Waals surface area contributed by atoms with Crippen LogP contribution in [-0.2, 0) is 6.61 Å². The minimum atomic E-state index is -0.662. The summed E-state index contributed by atoms with van der Waals surface area (Å²) in [5.74, 6) is -0.365. The second kappa shape index (κ2) is 5.61. The van der Waals surface area contributed by atoms with Crippen LogP contribution in [0, 0.1) is 10.1 Å². The normalized spacial score (nSPS) is 10.2. The number of nitrogens with two attached hydrogens (primary N) is 1. The molecule has 2 N–H and O–H groups in total. The molecule has 1 aromatic carbocycles. The average Bonchev–Trinajstić information content (AvgIpc) is 2.37. The Bertz CT molecular complexity index is 621. The summed E-state index contributed by atoms with van der Waals surface area (Å²) in [6, 6.07) is 7.38. The summed E-state index contributed by atoms with van der Waals surface area (Å²) in [7, 11) is 0. The van der Waals surface area contributed by atoms with Gasteiger partial charge in [0.1, 0.15) is 12.9 Å². The monoisotopic (exact) mass is 324 g/mol. The Hall–Kier alpha value is -2.22. The van der Waals surface area contributed by atoms with Crippen molar-refractivity contribution in [1.82, 2.24) is 9.97 Å². The van der Waals surface area contributed by atoms with E-state index in [2.05, 4.69) is 25.9 Å². The topological polar surface area (TPSA) is 104 Å². The molecule has 0 saturated carbocycles. The number of nitrogens with zero attached hydrogens (tertiary/aromatic N) is 3. The quantitative estimate of drug-likeness (QED) is 0.683. The molecule has 0 bridgehead atoms. The van der Waals surface area contributed by atoms with Crippen LogP contribution in [0.4, 0.5) is 11.5 Å². The molecule has 1 heterocycles. The summed E-state index contributed by atoms with van der Waals surface area (Å²) in [5, 5.41) is 10.9. The van der Waals surface area contributed by atoms with Crippen molar-refractivity contribution in [3.63, 3.8) is 0 Å². The van der Waals surface area contributed by atoms with Gasteiger partial charge >= 0.3 is 5.69 Å². The van der Waals surface area contributed by atoms with Crippen molar-refractivity contribution in [3.05, 3.63) is 50.7 Å². The van der Waals surface area contributed by atoms with Crippen LogP contribution in [0.5, 0.6) is 5.88 Å². The molecule has 0 atom stereocenters. The number of nitro groups is 1. The van der Waals surface area contributed by atoms with E-state index in [1.807, 2.05) is 24.3 Å². The van der Waals surface area contributed by atoms with Gasteiger partial charge in [-0.3, -0.25) is 10.1 Å². The minimum absolute atomic E-state index is 0.138. The molecular formula is C11H9BrN4O3. The fraction of sp³-hybridized carbons (Fsp3) is 0.0909. The summed E-state index contributed by atoms with van der Waals surface area (Å²) in [6.45, 7) is 0.138. The molecular weight excluding hydrogens is 316 g/mol. The first kappa shape index (κ1) is 13.2. The second-order valence-corrected chi connectivity index (χ2v) is 4.40. The van der Waals surface area contributed by atoms with E-state index in [1.165, 1.54) is 0 Å². The molecule has 0 aliphatic carbocycles. The number of nitrogen functional groups attached to an aromatic ring is 1. The van der Waals surface area contributed by atoms with E-state index >= 15 is 0 Å². The molecule has 0 amide bonds. The van der Waals surface area contributed by atoms with Gasteiger partial charge in [-0.15, -0.1) is 0 Å². The van der Waals surface area contributed by atoms with Gasteiger partial charge in [0.15, 0.2) is 0 Å². The molecule has 2 aromatic rings. The summed E-state index contributed by atoms with van der Waals surface area (Å²) >= 11 is 3.36. The van der Waals surface area contributed by atoms with Crippen molar-refractivity contribution in [2.24, 2.45) is 0 Å². The van der Waals surface area contributed by atoms with Crippen molar-refractivity contribution >= 4 is 27.4 Å². The number of aromatic nitrogens is 2. The van der Waals surface area contributed by atoms with Crippen LogP contribution in [0.1, 0.15) is 5.56 Å². The molecule has 1 aromatic heterocycles. The zero-order chi connectivity index (χ0) is 13.8. The Morgan fingerprint density at radius 3 is 2.79 bits per heavy atom. The smallest absolute Gasteiger partial charge is 0.372 e. The van der Waals surface area contributed by atoms with Gasteiger partial charge in [0.05, 0.1) is 4.92 Å². The average molecular weight is 325 g/mol. The van der Waals surface area contributed by atoms with Gasteiger partial charge in [0.25, 0.3) is 5.88 Å². The highest BCUT2D eigenvalue weighted by Gasteiger charge is 2.22. The van der Waals surface area contributed by atoms with Crippen molar-refractivity contribution in [2.45, 2.75) is 6.61 Å². The van der Waals surface area contributed by atoms with Gasteiger partial charge in [0.2, 0.25) is 5.82 Å². The lowest BCUT2D eigenvalue weighted by atomic mass is 10.2. The third-order valence-electron chi connectivity index (χ3n) is 2.32. The van der Waals surface area contributed by atoms with Crippen molar-refractivity contribution in [1.29, 1.82) is 0 Å². The SMILES string of the molecule is Nc1ncnc(OCc2ccccc2Br)c1[N+](=O)[O-]. The number of anilines is 1. The Balaban J connectivity index is 2.23. The van der Waals surface area contributed by atoms with E-state index in [4.69, 9.17) is 10.5 Å². The maximum atomic E-state index is 10.9. The van der Waals surface area contributed by atoms with Gasteiger partial charge in [0, 0.05) is 10.0 Å². The van der Waals surface area contributed by atoms with Crippen LogP contribution >= 0.6 is 15.9 Å². The van der Waals surface area contributed by atoms with Crippen LogP contribution < -0.4 is 10.5 Å². The molecule has 0 spiro atoms. The van der Waals surface area contributed by atoms with Crippen LogP contribution in [0.2, 0.25) is 0 Å². The summed E-state index contributed by atoms with van der Waals surface area (Å²) in [5.41, 5.74) is 5.86. The lowest BCUT2D eigenvalue weighted by Crippen LogP contribution is -2.05. The van der Waals surface area contributed by atoms with Crippen LogP contribution in [0.15, 0.2) is 35.1 Å². The van der Waals surface area contributed by atoms with E-state index in [9.17, 15) is 10.1 Å². The highest BCUT2D eigenvalue weighted by atomic mass is 79.9. The molecule has 98 valence electrons. The molecule has 0 unspecified atom stereocenters. The predicted octanol–water partition coefficient (Wildman–Crippen LogP) is 2.31. The largest absolute Gasteiger partial charge is 0.468 e. The number of benzene rings is 1. The summed E-state index contributed by atoms with van der Waals surface area (Å²) in [6.07, 6.45) is 1.12. The lowest BCUT2D eigenvalue weighted by Gasteiger charge is -2.07. The van der Waals surface area contributed by atoms with Gasteiger partial charge < -0.3 is 10.5 Å². The molecule has 0 fully saturated rings. The predicted molar refractivity (Wildman–Crippen MR) is 71.6 cm³/mol. The van der Waals surface area contributed by atoms with Crippen molar-refractivity contribution in [3.8, 4) is 5.88 Å². The zero-order valence-corrected chi connectivity index (χ0v) is 11.2. The van der Waals surface area contributed by atoms with Gasteiger partial charge in [-0.05, 0) is 6.07 Å². The maximum absolute atomic E-state index is 10.9. The fourth-order valence-electron chi connectivity index (χ4n) is 1.41. The molecule has 19 heavy (non-hydrogen) atoms. The zero-order valence-electron chi connectivity index (χ0n) is 9.62. The molecule has 0 aliphatic heterocycles. The van der Waals surface area contributed by atoms with E-state index in [0.717, 1.165) is 16.4 Å². The lowest BCUT2D eigenvalue weighted by molar-refractivity contribution is -0.385. The third kappa shape index (κ3) is 2.97. The van der Waals surface area contributed by atoms with Crippen LogP contribution in [0.3, 0.4) is 0 Å². The number of hydrogen-bond donors (Lipinski definition) is 1. The number of ether oxygens (including phenoxy) is 1. The van der Waals surface area contributed by atoms with E-state index in [1.54, 1.807) is 0 Å². The highest BCUT2D eigenvalue weighted by Crippen LogP contribution is 2.29. The Morgan fingerprint density at radius 1 is 1.37 bits per heavy atom. The van der Waals surface area contributed by atoms with Gasteiger partial charge in [-0.2, -0.15) is 4.98 Å². The van der Waals surface area contributed by atoms with E-state index in [-0.39, 0.29) is 18.3 Å². The van der Waals surface area contributed by atoms with Crippen LogP contribution in [-0.4, -0.2) is 14.9 Å². The summed E-state index contributed by atoms with van der Waals surface area (Å²) < 4.78 is 6.19. The second-order valence-electron chi connectivity index (χ2n) is 3.55. The standard InChI is InChI=1S/C11H9BrN4O3/c12-8-4-2-1-3-7(8)5-19-11-9(16(17)18)10(13)14-6-15-11/h1-4,6H,5H2,(H2,13,14,15). The number of hydrogen-bond acceptors (Lipinski definition) is 6. The third-order valence-corrected chi connectivity index (χ3v) is 3.10. The molecule has 0 aliphatic rings. The van der Waals surface area contributed by atoms with Crippen molar-refractivity contribution < 1.29 is 9.66 Å². The maximum Gasteiger partial charge on any atom is 0.372 e. The van der Waals surface area contributed by atoms with Gasteiger partial charge in [-0.1, -0.05) is 34.1 Å². The molecule has 0 radical (unpaired) electrons. The fourth-order valence-corrected chi connectivity index (χ4v) is 1.81. The summed E-state index contributed by atoms with van der Waals surface area (Å²) in [4.78, 5) is 17.5. The minimum Gasteiger partial charge on any atom is -0.468 e. The highest BCUT2D eigenvalue weighted by molar-refractivity contribution is 9.10. The van der Waals surface area contributed by atoms with Gasteiger partial charge in [-0.25, -0.2) is 4.98 Å². The number of halogens is 1. The first-order valence-electron chi connectivity index (χ1n) is 5.20. The molecule has 8 heteroatoms. The molecule has 2 rings (SSSR count). The Kier molecular flexibility index (Phi) is 3.91. The Morgan fingerprint density at radius 2 is 2.11 bits per heavy atom. The van der Waals surface area contributed by atoms with E-state index < -0.39 is 10.6 Å².